The molecule has 0 amide bonds. The van der Waals surface area contributed by atoms with E-state index in [0.29, 0.717) is 0 Å². The number of aromatic amines is 2. The number of H-pyrrole nitrogens is 2. The van der Waals surface area contributed by atoms with Crippen LogP contribution in [0.2, 0.25) is 0 Å². The maximum atomic E-state index is 4.58. The van der Waals surface area contributed by atoms with Crippen LogP contribution in [0.5, 0.6) is 0 Å². The van der Waals surface area contributed by atoms with Crippen molar-refractivity contribution in [2.45, 2.75) is 0 Å². The first kappa shape index (κ1) is 34.7. The van der Waals surface area contributed by atoms with Gasteiger partial charge in [0.15, 0.2) is 6.39 Å². The van der Waals surface area contributed by atoms with Crippen LogP contribution in [0.25, 0.3) is 0 Å². The molecule has 0 saturated carbocycles. The Labute approximate surface area is 254 Å². The van der Waals surface area contributed by atoms with Crippen molar-refractivity contribution in [3.8, 4) is 0 Å². The van der Waals surface area contributed by atoms with Crippen molar-refractivity contribution in [3.63, 3.8) is 0 Å². The number of hydrogen-bond donors (Lipinski definition) is 2. The molecular formula is C32H34N6O2S2. The minimum absolute atomic E-state index is 1.38. The SMILES string of the molecule is c1c[nH]cn1.c1cc[nH]c1.c1ccccc1.c1ccncc1.c1ccoc1.c1ccsc1.c1cocn1.c1cscn1. The van der Waals surface area contributed by atoms with Gasteiger partial charge in [-0.15, -0.1) is 11.3 Å². The number of nitrogens with one attached hydrogen (secondary N) is 2. The summed E-state index contributed by atoms with van der Waals surface area (Å²) >= 11 is 3.31. The third kappa shape index (κ3) is 29.2. The van der Waals surface area contributed by atoms with Crippen LogP contribution in [0, 0.1) is 0 Å². The largest absolute Gasteiger partial charge is 0.473 e. The highest BCUT2D eigenvalue weighted by atomic mass is 32.1. The Morgan fingerprint density at radius 2 is 1.07 bits per heavy atom. The minimum atomic E-state index is 1.38. The second-order valence-electron chi connectivity index (χ2n) is 6.76. The first-order valence-electron chi connectivity index (χ1n) is 12.4. The Balaban J connectivity index is 0.000000240. The van der Waals surface area contributed by atoms with E-state index >= 15 is 0 Å². The summed E-state index contributed by atoms with van der Waals surface area (Å²) in [6, 6.07) is 29.3. The van der Waals surface area contributed by atoms with E-state index < -0.39 is 0 Å². The Kier molecular flexibility index (Phi) is 26.4. The molecule has 8 aromatic rings. The van der Waals surface area contributed by atoms with Crippen LogP contribution >= 0.6 is 22.7 Å². The number of thiazole rings is 1. The molecule has 2 N–H and O–H groups in total. The summed E-state index contributed by atoms with van der Waals surface area (Å²) in [5.74, 6) is 0. The Morgan fingerprint density at radius 1 is 0.405 bits per heavy atom. The summed E-state index contributed by atoms with van der Waals surface area (Å²) in [6.07, 6.45) is 21.8. The van der Waals surface area contributed by atoms with Gasteiger partial charge < -0.3 is 18.8 Å². The Morgan fingerprint density at radius 3 is 1.26 bits per heavy atom. The van der Waals surface area contributed by atoms with Gasteiger partial charge in [-0.2, -0.15) is 11.3 Å². The summed E-state index contributed by atoms with van der Waals surface area (Å²) in [5.41, 5.74) is 1.79. The monoisotopic (exact) mass is 598 g/mol. The highest BCUT2D eigenvalue weighted by Crippen LogP contribution is 1.91. The van der Waals surface area contributed by atoms with E-state index in [-0.39, 0.29) is 0 Å². The van der Waals surface area contributed by atoms with Crippen molar-refractivity contribution >= 4 is 22.7 Å². The molecule has 42 heavy (non-hydrogen) atoms. The van der Waals surface area contributed by atoms with Crippen LogP contribution < -0.4 is 0 Å². The van der Waals surface area contributed by atoms with Crippen molar-refractivity contribution in [1.29, 1.82) is 0 Å². The lowest BCUT2D eigenvalue weighted by atomic mass is 10.4. The molecule has 0 aliphatic heterocycles. The standard InChI is InChI=1S/C6H6.C5H5N.C4H5N.C4H4O.C4H4S.C3H4N2.C3H3NO.C3H3NS/c2*1-2-4-6-5-3-1;3*1-2-4-5-3-1;3*1-2-5-3-4-1/h1-6H;1-5H;1-5H;2*1-4H;1-3H,(H,4,5);2*1-3H. The van der Waals surface area contributed by atoms with Crippen LogP contribution in [0.1, 0.15) is 0 Å². The van der Waals surface area contributed by atoms with E-state index in [2.05, 4.69) is 38.7 Å². The Hall–Kier alpha value is -5.32. The molecule has 0 saturated heterocycles. The van der Waals surface area contributed by atoms with Crippen molar-refractivity contribution < 1.29 is 8.83 Å². The van der Waals surface area contributed by atoms with Gasteiger partial charge in [0.2, 0.25) is 0 Å². The number of rotatable bonds is 0. The molecule has 0 bridgehead atoms. The van der Waals surface area contributed by atoms with Gasteiger partial charge in [0.05, 0.1) is 30.6 Å². The van der Waals surface area contributed by atoms with Gasteiger partial charge in [-0.05, 0) is 47.2 Å². The van der Waals surface area contributed by atoms with Crippen molar-refractivity contribution in [2.75, 3.05) is 0 Å². The Bertz CT molecular complexity index is 955. The molecule has 0 radical (unpaired) electrons. The molecule has 7 aromatic heterocycles. The number of furan rings is 1. The number of hydrogen-bond acceptors (Lipinski definition) is 8. The predicted octanol–water partition coefficient (Wildman–Crippen LogP) is 9.04. The summed E-state index contributed by atoms with van der Waals surface area (Å²) in [4.78, 5) is 20.4. The lowest BCUT2D eigenvalue weighted by molar-refractivity contribution is 0.558. The van der Waals surface area contributed by atoms with Crippen LogP contribution in [-0.2, 0) is 0 Å². The first-order chi connectivity index (χ1) is 21.0. The summed E-state index contributed by atoms with van der Waals surface area (Å²) < 4.78 is 9.06. The predicted molar refractivity (Wildman–Crippen MR) is 172 cm³/mol. The fraction of sp³-hybridized carbons (Fsp3) is 0. The van der Waals surface area contributed by atoms with E-state index in [1.54, 1.807) is 84.2 Å². The minimum Gasteiger partial charge on any atom is -0.473 e. The summed E-state index contributed by atoms with van der Waals surface area (Å²) in [7, 11) is 0. The molecule has 1 aromatic carbocycles. The lowest BCUT2D eigenvalue weighted by Gasteiger charge is -1.70. The first-order valence-corrected chi connectivity index (χ1v) is 14.3. The van der Waals surface area contributed by atoms with Crippen LogP contribution in [0.15, 0.2) is 203 Å². The fourth-order valence-corrected chi connectivity index (χ4v) is 2.80. The van der Waals surface area contributed by atoms with Gasteiger partial charge in [-0.3, -0.25) is 9.97 Å². The summed E-state index contributed by atoms with van der Waals surface area (Å²) in [6.45, 7) is 0. The number of imidazole rings is 1. The molecule has 0 fully saturated rings. The molecule has 7 heterocycles. The van der Waals surface area contributed by atoms with Crippen LogP contribution in [0.4, 0.5) is 0 Å². The van der Waals surface area contributed by atoms with Gasteiger partial charge in [0, 0.05) is 48.8 Å². The molecule has 0 aliphatic rings. The second kappa shape index (κ2) is 31.9. The third-order valence-corrected chi connectivity index (χ3v) is 4.83. The molecule has 10 heteroatoms. The number of nitrogens with zero attached hydrogens (tertiary/aromatic N) is 4. The molecule has 8 nitrogen and oxygen atoms in total. The van der Waals surface area contributed by atoms with E-state index in [1.807, 2.05) is 120 Å². The zero-order valence-corrected chi connectivity index (χ0v) is 24.5. The molecule has 0 unspecified atom stereocenters. The number of benzene rings is 1. The molecule has 0 aliphatic carbocycles. The quantitative estimate of drug-likeness (QED) is 0.180. The number of aromatic nitrogens is 6. The average molecular weight is 599 g/mol. The molecule has 0 spiro atoms. The zero-order valence-electron chi connectivity index (χ0n) is 22.9. The van der Waals surface area contributed by atoms with Crippen molar-refractivity contribution in [3.05, 3.63) is 194 Å². The fourth-order valence-electron chi connectivity index (χ4n) is 2.00. The molecule has 0 atom stereocenters. The summed E-state index contributed by atoms with van der Waals surface area (Å²) in [5, 5.41) is 6.01. The van der Waals surface area contributed by atoms with Crippen LogP contribution in [0.3, 0.4) is 0 Å². The van der Waals surface area contributed by atoms with Gasteiger partial charge in [-0.25, -0.2) is 9.97 Å². The highest BCUT2D eigenvalue weighted by Gasteiger charge is 1.62. The van der Waals surface area contributed by atoms with E-state index in [9.17, 15) is 0 Å². The van der Waals surface area contributed by atoms with Gasteiger partial charge >= 0.3 is 0 Å². The zero-order chi connectivity index (χ0) is 29.7. The third-order valence-electron chi connectivity index (χ3n) is 3.68. The number of pyridine rings is 1. The molecule has 8 rings (SSSR count). The maximum Gasteiger partial charge on any atom is 0.180 e. The lowest BCUT2D eigenvalue weighted by Crippen LogP contribution is -1.58. The number of thiophene rings is 1. The van der Waals surface area contributed by atoms with Gasteiger partial charge in [0.1, 0.15) is 6.26 Å². The maximum absolute atomic E-state index is 4.58. The smallest absolute Gasteiger partial charge is 0.180 e. The van der Waals surface area contributed by atoms with Crippen molar-refractivity contribution in [1.82, 2.24) is 29.9 Å². The van der Waals surface area contributed by atoms with Gasteiger partial charge in [-0.1, -0.05) is 54.6 Å². The molecular weight excluding hydrogens is 565 g/mol. The van der Waals surface area contributed by atoms with Gasteiger partial charge in [0.25, 0.3) is 0 Å². The van der Waals surface area contributed by atoms with Crippen LogP contribution in [-0.4, -0.2) is 29.9 Å². The normalized spacial score (nSPS) is 8.00. The van der Waals surface area contributed by atoms with E-state index in [0.717, 1.165) is 0 Å². The van der Waals surface area contributed by atoms with E-state index in [1.165, 1.54) is 12.7 Å². The second-order valence-corrected chi connectivity index (χ2v) is 8.33. The van der Waals surface area contributed by atoms with E-state index in [4.69, 9.17) is 0 Å². The topological polar surface area (TPSA) is 109 Å². The van der Waals surface area contributed by atoms with Crippen molar-refractivity contribution in [2.24, 2.45) is 0 Å². The number of oxazole rings is 1. The highest BCUT2D eigenvalue weighted by molar-refractivity contribution is 7.07. The molecule has 216 valence electrons. The average Bonchev–Trinajstić information content (AvgIpc) is 3.93.